The minimum absolute atomic E-state index is 0.0328. The number of halogens is 1. The van der Waals surface area contributed by atoms with Crippen molar-refractivity contribution in [2.75, 3.05) is 5.75 Å². The van der Waals surface area contributed by atoms with Gasteiger partial charge >= 0.3 is 0 Å². The molecule has 0 aliphatic heterocycles. The molecule has 0 saturated heterocycles. The van der Waals surface area contributed by atoms with Crippen LogP contribution in [0.1, 0.15) is 15.4 Å². The number of carbonyl (C=O) groups excluding carboxylic acids is 1. The maximum atomic E-state index is 11.9. The number of imidazole rings is 1. The first-order valence-corrected chi connectivity index (χ1v) is 7.32. The first-order valence-electron chi connectivity index (χ1n) is 5.14. The van der Waals surface area contributed by atoms with E-state index in [9.17, 15) is 4.79 Å². The SMILES string of the molecule is Cn1c(CO)cnc1SCC(=O)c1ccc(Cl)s1. The third-order valence-corrected chi connectivity index (χ3v) is 4.70. The second-order valence-corrected chi connectivity index (χ2v) is 6.22. The lowest BCUT2D eigenvalue weighted by molar-refractivity contribution is 0.102. The Balaban J connectivity index is 1.99. The minimum atomic E-state index is -0.0570. The third kappa shape index (κ3) is 2.95. The van der Waals surface area contributed by atoms with Gasteiger partial charge in [0.2, 0.25) is 0 Å². The van der Waals surface area contributed by atoms with E-state index in [2.05, 4.69) is 4.98 Å². The molecule has 2 rings (SSSR count). The summed E-state index contributed by atoms with van der Waals surface area (Å²) < 4.78 is 2.39. The topological polar surface area (TPSA) is 55.1 Å². The van der Waals surface area contributed by atoms with Crippen molar-refractivity contribution in [1.29, 1.82) is 0 Å². The van der Waals surface area contributed by atoms with Crippen LogP contribution >= 0.6 is 34.7 Å². The average Bonchev–Trinajstić information content (AvgIpc) is 2.93. The number of thiophene rings is 1. The number of carbonyl (C=O) groups is 1. The van der Waals surface area contributed by atoms with E-state index in [-0.39, 0.29) is 12.4 Å². The van der Waals surface area contributed by atoms with E-state index in [1.54, 1.807) is 22.9 Å². The van der Waals surface area contributed by atoms with Gasteiger partial charge in [-0.25, -0.2) is 4.98 Å². The molecule has 1 N–H and O–H groups in total. The van der Waals surface area contributed by atoms with E-state index in [0.29, 0.717) is 15.0 Å². The van der Waals surface area contributed by atoms with Crippen LogP contribution < -0.4 is 0 Å². The normalized spacial score (nSPS) is 10.8. The molecule has 2 heterocycles. The fourth-order valence-corrected chi connectivity index (χ4v) is 3.30. The van der Waals surface area contributed by atoms with E-state index in [4.69, 9.17) is 16.7 Å². The van der Waals surface area contributed by atoms with Gasteiger partial charge in [0.1, 0.15) is 0 Å². The first kappa shape index (κ1) is 13.6. The van der Waals surface area contributed by atoms with Gasteiger partial charge in [0.15, 0.2) is 10.9 Å². The molecule has 0 fully saturated rings. The molecule has 7 heteroatoms. The number of Topliss-reactive ketones (excluding diaryl/α,β-unsaturated/α-hetero) is 1. The number of aliphatic hydroxyl groups excluding tert-OH is 1. The van der Waals surface area contributed by atoms with Crippen molar-refractivity contribution >= 4 is 40.5 Å². The highest BCUT2D eigenvalue weighted by Crippen LogP contribution is 2.24. The highest BCUT2D eigenvalue weighted by atomic mass is 35.5. The Kier molecular flexibility index (Phi) is 4.45. The van der Waals surface area contributed by atoms with Gasteiger partial charge in [-0.2, -0.15) is 0 Å². The number of nitrogens with zero attached hydrogens (tertiary/aromatic N) is 2. The smallest absolute Gasteiger partial charge is 0.183 e. The zero-order valence-corrected chi connectivity index (χ0v) is 12.0. The van der Waals surface area contributed by atoms with Gasteiger partial charge in [0.25, 0.3) is 0 Å². The maximum Gasteiger partial charge on any atom is 0.183 e. The van der Waals surface area contributed by atoms with Crippen LogP contribution in [0.15, 0.2) is 23.5 Å². The lowest BCUT2D eigenvalue weighted by Gasteiger charge is -2.02. The van der Waals surface area contributed by atoms with Crippen LogP contribution in [0.3, 0.4) is 0 Å². The molecular weight excluding hydrogens is 292 g/mol. The molecule has 0 bridgehead atoms. The second kappa shape index (κ2) is 5.88. The lowest BCUT2D eigenvalue weighted by Crippen LogP contribution is -2.02. The van der Waals surface area contributed by atoms with Crippen molar-refractivity contribution in [2.45, 2.75) is 11.8 Å². The fraction of sp³-hybridized carbons (Fsp3) is 0.273. The van der Waals surface area contributed by atoms with Gasteiger partial charge in [-0.15, -0.1) is 11.3 Å². The molecule has 4 nitrogen and oxygen atoms in total. The Bertz CT molecular complexity index is 565. The van der Waals surface area contributed by atoms with Gasteiger partial charge in [-0.05, 0) is 12.1 Å². The highest BCUT2D eigenvalue weighted by Gasteiger charge is 2.12. The Labute approximate surface area is 118 Å². The van der Waals surface area contributed by atoms with Crippen molar-refractivity contribution < 1.29 is 9.90 Å². The Hall–Kier alpha value is -0.820. The van der Waals surface area contributed by atoms with E-state index >= 15 is 0 Å². The zero-order valence-electron chi connectivity index (χ0n) is 9.59. The molecule has 0 aliphatic rings. The number of thioether (sulfide) groups is 1. The summed E-state index contributed by atoms with van der Waals surface area (Å²) in [4.78, 5) is 16.7. The summed E-state index contributed by atoms with van der Waals surface area (Å²) in [5, 5.41) is 9.76. The van der Waals surface area contributed by atoms with Crippen molar-refractivity contribution in [3.05, 3.63) is 33.2 Å². The molecule has 0 unspecified atom stereocenters. The molecule has 0 radical (unpaired) electrons. The molecule has 18 heavy (non-hydrogen) atoms. The van der Waals surface area contributed by atoms with Gasteiger partial charge in [0.05, 0.1) is 33.5 Å². The first-order chi connectivity index (χ1) is 8.61. The summed E-state index contributed by atoms with van der Waals surface area (Å²) in [6.45, 7) is -0.0570. The lowest BCUT2D eigenvalue weighted by atomic mass is 10.4. The van der Waals surface area contributed by atoms with E-state index in [1.165, 1.54) is 23.1 Å². The number of aliphatic hydroxyl groups is 1. The highest BCUT2D eigenvalue weighted by molar-refractivity contribution is 7.99. The van der Waals surface area contributed by atoms with Crippen LogP contribution in [0.2, 0.25) is 4.34 Å². The standard InChI is InChI=1S/C11H11ClN2O2S2/c1-14-7(5-15)4-13-11(14)17-6-8(16)9-2-3-10(12)18-9/h2-4,15H,5-6H2,1H3. The molecule has 96 valence electrons. The van der Waals surface area contributed by atoms with Crippen LogP contribution in [0.25, 0.3) is 0 Å². The van der Waals surface area contributed by atoms with E-state index < -0.39 is 0 Å². The van der Waals surface area contributed by atoms with Crippen LogP contribution in [-0.4, -0.2) is 26.2 Å². The number of hydrogen-bond donors (Lipinski definition) is 1. The molecule has 0 amide bonds. The summed E-state index contributed by atoms with van der Waals surface area (Å²) >= 11 is 8.41. The molecule has 2 aromatic heterocycles. The summed E-state index contributed by atoms with van der Waals surface area (Å²) in [6.07, 6.45) is 1.61. The summed E-state index contributed by atoms with van der Waals surface area (Å²) in [6, 6.07) is 3.45. The molecule has 0 atom stereocenters. The van der Waals surface area contributed by atoms with Crippen LogP contribution in [0.4, 0.5) is 0 Å². The monoisotopic (exact) mass is 302 g/mol. The Morgan fingerprint density at radius 2 is 2.39 bits per heavy atom. The van der Waals surface area contributed by atoms with Crippen LogP contribution in [-0.2, 0) is 13.7 Å². The van der Waals surface area contributed by atoms with Crippen LogP contribution in [0, 0.1) is 0 Å². The molecule has 0 saturated carbocycles. The number of hydrogen-bond acceptors (Lipinski definition) is 5. The van der Waals surface area contributed by atoms with Crippen LogP contribution in [0.5, 0.6) is 0 Å². The maximum absolute atomic E-state index is 11.9. The quantitative estimate of drug-likeness (QED) is 0.681. The second-order valence-electron chi connectivity index (χ2n) is 3.56. The van der Waals surface area contributed by atoms with Gasteiger partial charge in [0, 0.05) is 7.05 Å². The van der Waals surface area contributed by atoms with Crippen molar-refractivity contribution in [2.24, 2.45) is 7.05 Å². The average molecular weight is 303 g/mol. The molecule has 0 aliphatic carbocycles. The Morgan fingerprint density at radius 1 is 1.61 bits per heavy atom. The predicted molar refractivity (Wildman–Crippen MR) is 73.5 cm³/mol. The molecule has 0 aromatic carbocycles. The molecule has 0 spiro atoms. The predicted octanol–water partition coefficient (Wildman–Crippen LogP) is 2.60. The summed E-state index contributed by atoms with van der Waals surface area (Å²) in [7, 11) is 1.81. The largest absolute Gasteiger partial charge is 0.390 e. The zero-order chi connectivity index (χ0) is 13.1. The third-order valence-electron chi connectivity index (χ3n) is 2.38. The summed E-state index contributed by atoms with van der Waals surface area (Å²) in [5.74, 6) is 0.345. The van der Waals surface area contributed by atoms with Gasteiger partial charge in [-0.1, -0.05) is 23.4 Å². The van der Waals surface area contributed by atoms with Gasteiger partial charge in [-0.3, -0.25) is 4.79 Å². The van der Waals surface area contributed by atoms with E-state index in [0.717, 1.165) is 10.9 Å². The minimum Gasteiger partial charge on any atom is -0.390 e. The number of aromatic nitrogens is 2. The number of rotatable bonds is 5. The molecule has 2 aromatic rings. The van der Waals surface area contributed by atoms with E-state index in [1.807, 2.05) is 7.05 Å². The van der Waals surface area contributed by atoms with Gasteiger partial charge < -0.3 is 9.67 Å². The van der Waals surface area contributed by atoms with Crippen molar-refractivity contribution in [3.8, 4) is 0 Å². The fourth-order valence-electron chi connectivity index (χ4n) is 1.37. The molecular formula is C11H11ClN2O2S2. The van der Waals surface area contributed by atoms with Crippen molar-refractivity contribution in [1.82, 2.24) is 9.55 Å². The van der Waals surface area contributed by atoms with Crippen molar-refractivity contribution in [3.63, 3.8) is 0 Å². The Morgan fingerprint density at radius 3 is 2.94 bits per heavy atom. The summed E-state index contributed by atoms with van der Waals surface area (Å²) in [5.41, 5.74) is 0.726. The number of ketones is 1.